The Bertz CT molecular complexity index is 539. The number of amides is 1. The highest BCUT2D eigenvalue weighted by Gasteiger charge is 2.18. The quantitative estimate of drug-likeness (QED) is 0.925. The van der Waals surface area contributed by atoms with E-state index in [1.165, 1.54) is 24.1 Å². The number of aromatic nitrogens is 2. The van der Waals surface area contributed by atoms with Gasteiger partial charge in [-0.25, -0.2) is 9.97 Å². The van der Waals surface area contributed by atoms with Crippen molar-refractivity contribution in [3.8, 4) is 0 Å². The summed E-state index contributed by atoms with van der Waals surface area (Å²) in [7, 11) is 0. The van der Waals surface area contributed by atoms with Crippen LogP contribution in [0.2, 0.25) is 0 Å². The van der Waals surface area contributed by atoms with Crippen LogP contribution in [0, 0.1) is 12.8 Å². The summed E-state index contributed by atoms with van der Waals surface area (Å²) in [6.07, 6.45) is 7.26. The first-order valence-corrected chi connectivity index (χ1v) is 8.42. The van der Waals surface area contributed by atoms with Crippen LogP contribution in [0.25, 0.3) is 0 Å². The summed E-state index contributed by atoms with van der Waals surface area (Å²) in [6, 6.07) is 0. The molecule has 1 amide bonds. The minimum atomic E-state index is 0.0782. The number of fused-ring (bicyclic) bond motifs is 1. The first-order valence-electron chi connectivity index (χ1n) is 8.42. The topological polar surface area (TPSA) is 64.1 Å². The largest absolute Gasteiger partial charge is 0.381 e. The van der Waals surface area contributed by atoms with Gasteiger partial charge in [-0.15, -0.1) is 0 Å². The summed E-state index contributed by atoms with van der Waals surface area (Å²) in [4.78, 5) is 21.2. The molecule has 5 heteroatoms. The van der Waals surface area contributed by atoms with Crippen LogP contribution in [0.15, 0.2) is 0 Å². The molecule has 0 spiro atoms. The molecule has 1 aromatic rings. The lowest BCUT2D eigenvalue weighted by atomic mass is 9.95. The van der Waals surface area contributed by atoms with Gasteiger partial charge in [-0.05, 0) is 56.9 Å². The van der Waals surface area contributed by atoms with Gasteiger partial charge in [0, 0.05) is 31.0 Å². The van der Waals surface area contributed by atoms with Crippen molar-refractivity contribution in [1.82, 2.24) is 15.3 Å². The van der Waals surface area contributed by atoms with E-state index in [2.05, 4.69) is 22.2 Å². The summed E-state index contributed by atoms with van der Waals surface area (Å²) in [5, 5.41) is 2.96. The number of nitrogens with one attached hydrogen (secondary N) is 1. The molecule has 1 N–H and O–H groups in total. The Morgan fingerprint density at radius 1 is 1.27 bits per heavy atom. The van der Waals surface area contributed by atoms with E-state index in [-0.39, 0.29) is 5.91 Å². The maximum absolute atomic E-state index is 12.0. The molecule has 2 aliphatic rings. The lowest BCUT2D eigenvalue weighted by molar-refractivity contribution is -0.123. The fraction of sp³-hybridized carbons (Fsp3) is 0.706. The standard InChI is InChI=1S/C17H25N3O2/c1-12-14-6-2-3-7-15(14)20-16(19-12)10-18-17(21)9-13-5-4-8-22-11-13/h13H,2-11H2,1H3,(H,18,21)/t13-/m0/s1. The Labute approximate surface area is 131 Å². The summed E-state index contributed by atoms with van der Waals surface area (Å²) in [5.41, 5.74) is 3.58. The number of carbonyl (C=O) groups is 1. The second kappa shape index (κ2) is 7.18. The Morgan fingerprint density at radius 2 is 2.14 bits per heavy atom. The van der Waals surface area contributed by atoms with Crippen LogP contribution < -0.4 is 5.32 Å². The predicted molar refractivity (Wildman–Crippen MR) is 83.4 cm³/mol. The van der Waals surface area contributed by atoms with Gasteiger partial charge >= 0.3 is 0 Å². The molecule has 22 heavy (non-hydrogen) atoms. The molecule has 1 aliphatic heterocycles. The first kappa shape index (κ1) is 15.4. The molecule has 5 nitrogen and oxygen atoms in total. The lowest BCUT2D eigenvalue weighted by Gasteiger charge is -2.21. The Morgan fingerprint density at radius 3 is 2.95 bits per heavy atom. The number of hydrogen-bond acceptors (Lipinski definition) is 4. The Hall–Kier alpha value is -1.49. The number of rotatable bonds is 4. The Balaban J connectivity index is 1.54. The number of hydrogen-bond donors (Lipinski definition) is 1. The van der Waals surface area contributed by atoms with Crippen molar-refractivity contribution < 1.29 is 9.53 Å². The van der Waals surface area contributed by atoms with Gasteiger partial charge in [-0.2, -0.15) is 0 Å². The molecule has 0 saturated carbocycles. The third-order valence-electron chi connectivity index (χ3n) is 4.61. The normalized spacial score (nSPS) is 21.2. The monoisotopic (exact) mass is 303 g/mol. The van der Waals surface area contributed by atoms with Crippen LogP contribution in [0.4, 0.5) is 0 Å². The highest BCUT2D eigenvalue weighted by Crippen LogP contribution is 2.21. The van der Waals surface area contributed by atoms with Crippen LogP contribution in [-0.2, 0) is 28.9 Å². The van der Waals surface area contributed by atoms with E-state index in [1.54, 1.807) is 0 Å². The van der Waals surface area contributed by atoms with Gasteiger partial charge in [0.15, 0.2) is 0 Å². The molecule has 0 radical (unpaired) electrons. The molecule has 120 valence electrons. The second-order valence-electron chi connectivity index (χ2n) is 6.42. The molecular formula is C17H25N3O2. The highest BCUT2D eigenvalue weighted by atomic mass is 16.5. The zero-order valence-corrected chi connectivity index (χ0v) is 13.4. The van der Waals surface area contributed by atoms with E-state index in [0.29, 0.717) is 25.5 Å². The third-order valence-corrected chi connectivity index (χ3v) is 4.61. The lowest BCUT2D eigenvalue weighted by Crippen LogP contribution is -2.29. The molecule has 0 unspecified atom stereocenters. The molecule has 1 saturated heterocycles. The van der Waals surface area contributed by atoms with Crippen LogP contribution in [0.1, 0.15) is 54.9 Å². The molecule has 2 heterocycles. The molecular weight excluding hydrogens is 278 g/mol. The zero-order valence-electron chi connectivity index (χ0n) is 13.4. The number of nitrogens with zero attached hydrogens (tertiary/aromatic N) is 2. The maximum Gasteiger partial charge on any atom is 0.220 e. The van der Waals surface area contributed by atoms with E-state index in [1.807, 2.05) is 0 Å². The van der Waals surface area contributed by atoms with Gasteiger partial charge < -0.3 is 10.1 Å². The zero-order chi connectivity index (χ0) is 15.4. The van der Waals surface area contributed by atoms with Crippen molar-refractivity contribution >= 4 is 5.91 Å². The van der Waals surface area contributed by atoms with Crippen LogP contribution in [0.5, 0.6) is 0 Å². The van der Waals surface area contributed by atoms with Crippen molar-refractivity contribution in [1.29, 1.82) is 0 Å². The van der Waals surface area contributed by atoms with Crippen LogP contribution in [-0.4, -0.2) is 29.1 Å². The van der Waals surface area contributed by atoms with Gasteiger partial charge in [0.25, 0.3) is 0 Å². The van der Waals surface area contributed by atoms with E-state index in [0.717, 1.165) is 43.8 Å². The van der Waals surface area contributed by atoms with Gasteiger partial charge in [0.2, 0.25) is 5.91 Å². The number of ether oxygens (including phenoxy) is 1. The van der Waals surface area contributed by atoms with Gasteiger partial charge in [-0.1, -0.05) is 0 Å². The summed E-state index contributed by atoms with van der Waals surface area (Å²) >= 11 is 0. The first-order chi connectivity index (χ1) is 10.7. The van der Waals surface area contributed by atoms with Gasteiger partial charge in [0.05, 0.1) is 6.54 Å². The van der Waals surface area contributed by atoms with E-state index in [9.17, 15) is 4.79 Å². The van der Waals surface area contributed by atoms with Gasteiger partial charge in [-0.3, -0.25) is 4.79 Å². The van der Waals surface area contributed by atoms with Gasteiger partial charge in [0.1, 0.15) is 5.82 Å². The van der Waals surface area contributed by atoms with Crippen molar-refractivity contribution in [2.45, 2.75) is 58.4 Å². The van der Waals surface area contributed by atoms with E-state index < -0.39 is 0 Å². The minimum absolute atomic E-state index is 0.0782. The molecule has 1 aliphatic carbocycles. The molecule has 3 rings (SSSR count). The minimum Gasteiger partial charge on any atom is -0.381 e. The average Bonchev–Trinajstić information content (AvgIpc) is 2.54. The fourth-order valence-corrected chi connectivity index (χ4v) is 3.40. The fourth-order valence-electron chi connectivity index (χ4n) is 3.40. The van der Waals surface area contributed by atoms with E-state index in [4.69, 9.17) is 4.74 Å². The van der Waals surface area contributed by atoms with Crippen LogP contribution >= 0.6 is 0 Å². The van der Waals surface area contributed by atoms with Crippen molar-refractivity contribution in [3.63, 3.8) is 0 Å². The molecule has 0 bridgehead atoms. The van der Waals surface area contributed by atoms with Crippen molar-refractivity contribution in [2.75, 3.05) is 13.2 Å². The van der Waals surface area contributed by atoms with E-state index >= 15 is 0 Å². The maximum atomic E-state index is 12.0. The molecule has 0 aromatic carbocycles. The molecule has 1 atom stereocenters. The highest BCUT2D eigenvalue weighted by molar-refractivity contribution is 5.76. The third kappa shape index (κ3) is 3.83. The summed E-state index contributed by atoms with van der Waals surface area (Å²) in [5.74, 6) is 1.18. The van der Waals surface area contributed by atoms with Crippen LogP contribution in [0.3, 0.4) is 0 Å². The van der Waals surface area contributed by atoms with Crippen molar-refractivity contribution in [2.24, 2.45) is 5.92 Å². The SMILES string of the molecule is Cc1nc(CNC(=O)C[C@@H]2CCCOC2)nc2c1CCCC2. The predicted octanol–water partition coefficient (Wildman–Crippen LogP) is 2.10. The summed E-state index contributed by atoms with van der Waals surface area (Å²) in [6.45, 7) is 4.03. The Kier molecular flexibility index (Phi) is 5.03. The molecule has 1 fully saturated rings. The smallest absolute Gasteiger partial charge is 0.220 e. The number of carbonyl (C=O) groups excluding carboxylic acids is 1. The average molecular weight is 303 g/mol. The van der Waals surface area contributed by atoms with Crippen molar-refractivity contribution in [3.05, 3.63) is 22.8 Å². The second-order valence-corrected chi connectivity index (χ2v) is 6.42. The molecule has 1 aromatic heterocycles. The number of aryl methyl sites for hydroxylation is 2. The summed E-state index contributed by atoms with van der Waals surface area (Å²) < 4.78 is 5.42.